The van der Waals surface area contributed by atoms with Gasteiger partial charge in [0.2, 0.25) is 5.82 Å². The van der Waals surface area contributed by atoms with E-state index >= 15 is 0 Å². The number of aryl methyl sites for hydroxylation is 4. The zero-order valence-corrected chi connectivity index (χ0v) is 13.8. The minimum absolute atomic E-state index is 0.392. The van der Waals surface area contributed by atoms with Gasteiger partial charge >= 0.3 is 0 Å². The van der Waals surface area contributed by atoms with Gasteiger partial charge in [0.15, 0.2) is 0 Å². The van der Waals surface area contributed by atoms with Crippen LogP contribution in [0.25, 0.3) is 23.1 Å². The number of hydrogen-bond donors (Lipinski definition) is 0. The highest BCUT2D eigenvalue weighted by Gasteiger charge is 2.15. The lowest BCUT2D eigenvalue weighted by Crippen LogP contribution is -1.99. The standard InChI is InChI=1S/C17H19N5O/c1-5-6-15-19-12(4)9-14(20-15)17-21-16(22-23-17)13-8-10(2)7-11(3)18-13/h7-9H,5-6H2,1-4H3. The van der Waals surface area contributed by atoms with E-state index in [0.29, 0.717) is 23.1 Å². The molecule has 0 radical (unpaired) electrons. The zero-order valence-electron chi connectivity index (χ0n) is 13.8. The molecule has 0 spiro atoms. The van der Waals surface area contributed by atoms with E-state index in [1.54, 1.807) is 0 Å². The van der Waals surface area contributed by atoms with Crippen LogP contribution in [-0.4, -0.2) is 25.1 Å². The molecule has 0 aliphatic rings. The average Bonchev–Trinajstić information content (AvgIpc) is 2.96. The normalized spacial score (nSPS) is 11.0. The second kappa shape index (κ2) is 6.24. The highest BCUT2D eigenvalue weighted by molar-refractivity contribution is 5.55. The zero-order chi connectivity index (χ0) is 16.4. The largest absolute Gasteiger partial charge is 0.332 e. The summed E-state index contributed by atoms with van der Waals surface area (Å²) >= 11 is 0. The maximum atomic E-state index is 5.38. The van der Waals surface area contributed by atoms with Gasteiger partial charge in [-0.25, -0.2) is 15.0 Å². The lowest BCUT2D eigenvalue weighted by atomic mass is 10.2. The predicted molar refractivity (Wildman–Crippen MR) is 86.8 cm³/mol. The molecular weight excluding hydrogens is 290 g/mol. The minimum Gasteiger partial charge on any atom is -0.332 e. The highest BCUT2D eigenvalue weighted by atomic mass is 16.5. The molecule has 0 aliphatic carbocycles. The summed E-state index contributed by atoms with van der Waals surface area (Å²) in [6, 6.07) is 5.80. The summed E-state index contributed by atoms with van der Waals surface area (Å²) in [7, 11) is 0. The van der Waals surface area contributed by atoms with Crippen LogP contribution in [-0.2, 0) is 6.42 Å². The molecule has 3 aromatic rings. The second-order valence-corrected chi connectivity index (χ2v) is 5.66. The molecule has 6 nitrogen and oxygen atoms in total. The molecular formula is C17H19N5O. The average molecular weight is 309 g/mol. The lowest BCUT2D eigenvalue weighted by Gasteiger charge is -2.01. The lowest BCUT2D eigenvalue weighted by molar-refractivity contribution is 0.430. The molecule has 0 amide bonds. The van der Waals surface area contributed by atoms with Crippen molar-refractivity contribution in [3.05, 3.63) is 41.0 Å². The van der Waals surface area contributed by atoms with Gasteiger partial charge in [0, 0.05) is 17.8 Å². The molecule has 6 heteroatoms. The van der Waals surface area contributed by atoms with Crippen LogP contribution in [0.2, 0.25) is 0 Å². The summed E-state index contributed by atoms with van der Waals surface area (Å²) in [5, 5.41) is 4.04. The Balaban J connectivity index is 1.98. The van der Waals surface area contributed by atoms with Crippen molar-refractivity contribution in [2.75, 3.05) is 0 Å². The van der Waals surface area contributed by atoms with Crippen LogP contribution in [0.3, 0.4) is 0 Å². The van der Waals surface area contributed by atoms with Crippen LogP contribution in [0, 0.1) is 20.8 Å². The monoisotopic (exact) mass is 309 g/mol. The molecule has 0 saturated carbocycles. The van der Waals surface area contributed by atoms with E-state index in [9.17, 15) is 0 Å². The van der Waals surface area contributed by atoms with Gasteiger partial charge in [-0.1, -0.05) is 12.1 Å². The fourth-order valence-corrected chi connectivity index (χ4v) is 2.46. The smallest absolute Gasteiger partial charge is 0.277 e. The molecule has 0 N–H and O–H groups in total. The summed E-state index contributed by atoms with van der Waals surface area (Å²) in [5.74, 6) is 1.66. The molecule has 0 saturated heterocycles. The number of aromatic nitrogens is 5. The SMILES string of the molecule is CCCc1nc(C)cc(-c2nc(-c3cc(C)cc(C)n3)no2)n1. The van der Waals surface area contributed by atoms with Crippen LogP contribution in [0.5, 0.6) is 0 Å². The molecule has 23 heavy (non-hydrogen) atoms. The fourth-order valence-electron chi connectivity index (χ4n) is 2.46. The Hall–Kier alpha value is -2.63. The van der Waals surface area contributed by atoms with Crippen molar-refractivity contribution in [3.63, 3.8) is 0 Å². The van der Waals surface area contributed by atoms with E-state index in [0.717, 1.165) is 35.6 Å². The van der Waals surface area contributed by atoms with Gasteiger partial charge in [0.05, 0.1) is 0 Å². The molecule has 0 atom stereocenters. The molecule has 3 heterocycles. The molecule has 0 bridgehead atoms. The first-order valence-electron chi connectivity index (χ1n) is 7.69. The predicted octanol–water partition coefficient (Wildman–Crippen LogP) is 3.47. The van der Waals surface area contributed by atoms with Crippen molar-refractivity contribution in [1.82, 2.24) is 25.1 Å². The van der Waals surface area contributed by atoms with E-state index in [-0.39, 0.29) is 0 Å². The van der Waals surface area contributed by atoms with E-state index < -0.39 is 0 Å². The third-order valence-electron chi connectivity index (χ3n) is 3.35. The van der Waals surface area contributed by atoms with Crippen LogP contribution in [0.4, 0.5) is 0 Å². The summed E-state index contributed by atoms with van der Waals surface area (Å²) < 4.78 is 5.38. The first-order valence-corrected chi connectivity index (χ1v) is 7.69. The van der Waals surface area contributed by atoms with E-state index in [1.807, 2.05) is 39.0 Å². The Morgan fingerprint density at radius 3 is 2.39 bits per heavy atom. The number of pyridine rings is 1. The van der Waals surface area contributed by atoms with Gasteiger partial charge in [0.1, 0.15) is 17.2 Å². The second-order valence-electron chi connectivity index (χ2n) is 5.66. The summed E-state index contributed by atoms with van der Waals surface area (Å²) in [5.41, 5.74) is 4.29. The van der Waals surface area contributed by atoms with Gasteiger partial charge in [-0.15, -0.1) is 0 Å². The molecule has 0 unspecified atom stereocenters. The Bertz CT molecular complexity index is 821. The fraction of sp³-hybridized carbons (Fsp3) is 0.353. The summed E-state index contributed by atoms with van der Waals surface area (Å²) in [6.07, 6.45) is 1.82. The van der Waals surface area contributed by atoms with Crippen LogP contribution in [0.1, 0.15) is 36.1 Å². The topological polar surface area (TPSA) is 77.6 Å². The summed E-state index contributed by atoms with van der Waals surface area (Å²) in [4.78, 5) is 17.8. The van der Waals surface area contributed by atoms with Crippen LogP contribution in [0.15, 0.2) is 22.7 Å². The molecule has 118 valence electrons. The summed E-state index contributed by atoms with van der Waals surface area (Å²) in [6.45, 7) is 8.00. The van der Waals surface area contributed by atoms with Crippen molar-refractivity contribution in [1.29, 1.82) is 0 Å². The van der Waals surface area contributed by atoms with Crippen LogP contribution < -0.4 is 0 Å². The first-order chi connectivity index (χ1) is 11.0. The van der Waals surface area contributed by atoms with Gasteiger partial charge in [-0.2, -0.15) is 4.98 Å². The molecule has 0 aromatic carbocycles. The van der Waals surface area contributed by atoms with Crippen molar-refractivity contribution in [2.45, 2.75) is 40.5 Å². The third kappa shape index (κ3) is 3.41. The van der Waals surface area contributed by atoms with Gasteiger partial charge < -0.3 is 4.52 Å². The highest BCUT2D eigenvalue weighted by Crippen LogP contribution is 2.21. The maximum Gasteiger partial charge on any atom is 0.277 e. The Morgan fingerprint density at radius 2 is 1.65 bits per heavy atom. The molecule has 3 rings (SSSR count). The van der Waals surface area contributed by atoms with Crippen molar-refractivity contribution in [3.8, 4) is 23.1 Å². The van der Waals surface area contributed by atoms with Gasteiger partial charge in [0.25, 0.3) is 5.89 Å². The number of hydrogen-bond acceptors (Lipinski definition) is 6. The Morgan fingerprint density at radius 1 is 0.870 bits per heavy atom. The molecule has 3 aromatic heterocycles. The molecule has 0 aliphatic heterocycles. The van der Waals surface area contributed by atoms with E-state index in [2.05, 4.69) is 32.0 Å². The third-order valence-corrected chi connectivity index (χ3v) is 3.35. The van der Waals surface area contributed by atoms with Gasteiger partial charge in [-0.3, -0.25) is 0 Å². The van der Waals surface area contributed by atoms with E-state index in [1.165, 1.54) is 0 Å². The Labute approximate surface area is 135 Å². The Kier molecular flexibility index (Phi) is 4.14. The number of nitrogens with zero attached hydrogens (tertiary/aromatic N) is 5. The van der Waals surface area contributed by atoms with Crippen molar-refractivity contribution >= 4 is 0 Å². The molecule has 0 fully saturated rings. The van der Waals surface area contributed by atoms with Crippen LogP contribution >= 0.6 is 0 Å². The van der Waals surface area contributed by atoms with Crippen molar-refractivity contribution < 1.29 is 4.52 Å². The quantitative estimate of drug-likeness (QED) is 0.734. The maximum absolute atomic E-state index is 5.38. The first kappa shape index (κ1) is 15.3. The minimum atomic E-state index is 0.392. The van der Waals surface area contributed by atoms with Crippen molar-refractivity contribution in [2.24, 2.45) is 0 Å². The van der Waals surface area contributed by atoms with E-state index in [4.69, 9.17) is 4.52 Å². The number of rotatable bonds is 4. The van der Waals surface area contributed by atoms with Gasteiger partial charge in [-0.05, 0) is 51.0 Å².